The number of hydrogen-bond acceptors (Lipinski definition) is 5. The van der Waals surface area contributed by atoms with Crippen molar-refractivity contribution in [1.82, 2.24) is 20.2 Å². The minimum atomic E-state index is -0.00678. The minimum Gasteiger partial charge on any atom is -0.325 e. The van der Waals surface area contributed by atoms with Crippen LogP contribution in [-0.4, -0.2) is 38.1 Å². The number of thioether (sulfide) groups is 1. The van der Waals surface area contributed by atoms with Crippen molar-refractivity contribution < 1.29 is 4.79 Å². The predicted molar refractivity (Wildman–Crippen MR) is 66.2 cm³/mol. The standard InChI is InChI=1S/C10H11N5OS/c1-17-6-10(16)12-8-2-4-9(5-3-8)15-7-11-13-14-15/h2-5,7H,6H2,1H3,(H,12,16). The third-order valence-corrected chi connectivity index (χ3v) is 2.59. The van der Waals surface area contributed by atoms with Crippen molar-refractivity contribution in [3.8, 4) is 5.69 Å². The summed E-state index contributed by atoms with van der Waals surface area (Å²) in [6.07, 6.45) is 3.40. The van der Waals surface area contributed by atoms with Crippen LogP contribution in [0.2, 0.25) is 0 Å². The molecule has 2 aromatic rings. The van der Waals surface area contributed by atoms with E-state index in [9.17, 15) is 4.79 Å². The summed E-state index contributed by atoms with van der Waals surface area (Å²) in [6, 6.07) is 7.31. The topological polar surface area (TPSA) is 72.7 Å². The highest BCUT2D eigenvalue weighted by molar-refractivity contribution is 7.99. The van der Waals surface area contributed by atoms with E-state index in [1.807, 2.05) is 30.5 Å². The van der Waals surface area contributed by atoms with Crippen LogP contribution in [-0.2, 0) is 4.79 Å². The molecule has 0 aliphatic heterocycles. The zero-order valence-electron chi connectivity index (χ0n) is 9.20. The molecule has 0 unspecified atom stereocenters. The van der Waals surface area contributed by atoms with Crippen molar-refractivity contribution in [2.75, 3.05) is 17.3 Å². The Bertz CT molecular complexity index is 482. The molecule has 0 aliphatic rings. The van der Waals surface area contributed by atoms with Crippen LogP contribution >= 0.6 is 11.8 Å². The summed E-state index contributed by atoms with van der Waals surface area (Å²) >= 11 is 1.49. The molecule has 0 spiro atoms. The van der Waals surface area contributed by atoms with E-state index in [2.05, 4.69) is 20.8 Å². The van der Waals surface area contributed by atoms with E-state index in [1.54, 1.807) is 4.68 Å². The molecule has 0 saturated carbocycles. The molecule has 0 bridgehead atoms. The first kappa shape index (κ1) is 11.6. The van der Waals surface area contributed by atoms with Gasteiger partial charge >= 0.3 is 0 Å². The quantitative estimate of drug-likeness (QED) is 0.873. The van der Waals surface area contributed by atoms with Crippen molar-refractivity contribution in [3.05, 3.63) is 30.6 Å². The van der Waals surface area contributed by atoms with Crippen LogP contribution < -0.4 is 5.32 Å². The number of tetrazole rings is 1. The maximum atomic E-state index is 11.4. The fraction of sp³-hybridized carbons (Fsp3) is 0.200. The summed E-state index contributed by atoms with van der Waals surface area (Å²) in [5.74, 6) is 0.446. The Morgan fingerprint density at radius 1 is 1.41 bits per heavy atom. The fourth-order valence-corrected chi connectivity index (χ4v) is 1.64. The number of anilines is 1. The lowest BCUT2D eigenvalue weighted by atomic mass is 10.3. The Kier molecular flexibility index (Phi) is 3.71. The number of aromatic nitrogens is 4. The second-order valence-corrected chi connectivity index (χ2v) is 4.15. The first-order chi connectivity index (χ1) is 8.29. The van der Waals surface area contributed by atoms with Gasteiger partial charge in [-0.1, -0.05) is 0 Å². The lowest BCUT2D eigenvalue weighted by molar-refractivity contribution is -0.113. The Morgan fingerprint density at radius 3 is 2.76 bits per heavy atom. The molecule has 6 nitrogen and oxygen atoms in total. The average Bonchev–Trinajstić information content (AvgIpc) is 2.84. The maximum absolute atomic E-state index is 11.4. The van der Waals surface area contributed by atoms with Crippen molar-refractivity contribution in [2.45, 2.75) is 0 Å². The van der Waals surface area contributed by atoms with Crippen LogP contribution in [0.1, 0.15) is 0 Å². The van der Waals surface area contributed by atoms with E-state index in [0.717, 1.165) is 11.4 Å². The third-order valence-electron chi connectivity index (χ3n) is 2.04. The van der Waals surface area contributed by atoms with Crippen molar-refractivity contribution >= 4 is 23.4 Å². The van der Waals surface area contributed by atoms with Crippen LogP contribution in [0.3, 0.4) is 0 Å². The van der Waals surface area contributed by atoms with Gasteiger partial charge in [-0.3, -0.25) is 4.79 Å². The maximum Gasteiger partial charge on any atom is 0.234 e. The van der Waals surface area contributed by atoms with Crippen LogP contribution in [0.4, 0.5) is 5.69 Å². The Labute approximate surface area is 102 Å². The molecular weight excluding hydrogens is 238 g/mol. The molecule has 1 aromatic carbocycles. The predicted octanol–water partition coefficient (Wildman–Crippen LogP) is 0.964. The highest BCUT2D eigenvalue weighted by atomic mass is 32.2. The monoisotopic (exact) mass is 249 g/mol. The molecular formula is C10H11N5OS. The Balaban J connectivity index is 2.06. The molecule has 0 atom stereocenters. The first-order valence-electron chi connectivity index (χ1n) is 4.92. The molecule has 1 heterocycles. The number of nitrogens with zero attached hydrogens (tertiary/aromatic N) is 4. The van der Waals surface area contributed by atoms with Gasteiger partial charge in [0.25, 0.3) is 0 Å². The van der Waals surface area contributed by atoms with E-state index in [4.69, 9.17) is 0 Å². The molecule has 88 valence electrons. The molecule has 0 saturated heterocycles. The van der Waals surface area contributed by atoms with Crippen LogP contribution in [0.15, 0.2) is 30.6 Å². The molecule has 2 rings (SSSR count). The van der Waals surface area contributed by atoms with Gasteiger partial charge in [0.2, 0.25) is 5.91 Å². The number of nitrogens with one attached hydrogen (secondary N) is 1. The Morgan fingerprint density at radius 2 is 2.18 bits per heavy atom. The Hall–Kier alpha value is -1.89. The van der Waals surface area contributed by atoms with Gasteiger partial charge < -0.3 is 5.32 Å². The number of carbonyl (C=O) groups excluding carboxylic acids is 1. The largest absolute Gasteiger partial charge is 0.325 e. The number of amides is 1. The molecule has 1 aromatic heterocycles. The lowest BCUT2D eigenvalue weighted by Gasteiger charge is -2.05. The molecule has 0 fully saturated rings. The van der Waals surface area contributed by atoms with Gasteiger partial charge in [0.05, 0.1) is 11.4 Å². The van der Waals surface area contributed by atoms with Crippen LogP contribution in [0.5, 0.6) is 0 Å². The van der Waals surface area contributed by atoms with E-state index < -0.39 is 0 Å². The lowest BCUT2D eigenvalue weighted by Crippen LogP contribution is -2.13. The molecule has 1 amide bonds. The number of hydrogen-bond donors (Lipinski definition) is 1. The summed E-state index contributed by atoms with van der Waals surface area (Å²) in [5, 5.41) is 13.7. The van der Waals surface area contributed by atoms with Gasteiger partial charge in [0.15, 0.2) is 0 Å². The van der Waals surface area contributed by atoms with Gasteiger partial charge in [-0.15, -0.1) is 5.10 Å². The van der Waals surface area contributed by atoms with Gasteiger partial charge in [-0.25, -0.2) is 4.68 Å². The third kappa shape index (κ3) is 3.04. The van der Waals surface area contributed by atoms with E-state index >= 15 is 0 Å². The second kappa shape index (κ2) is 5.44. The van der Waals surface area contributed by atoms with Crippen LogP contribution in [0, 0.1) is 0 Å². The summed E-state index contributed by atoms with van der Waals surface area (Å²) in [5.41, 5.74) is 1.61. The summed E-state index contributed by atoms with van der Waals surface area (Å²) in [6.45, 7) is 0. The van der Waals surface area contributed by atoms with E-state index in [-0.39, 0.29) is 5.91 Å². The van der Waals surface area contributed by atoms with Gasteiger partial charge in [0.1, 0.15) is 6.33 Å². The normalized spacial score (nSPS) is 10.2. The SMILES string of the molecule is CSCC(=O)Nc1ccc(-n2cnnn2)cc1. The molecule has 7 heteroatoms. The van der Waals surface area contributed by atoms with Crippen LogP contribution in [0.25, 0.3) is 5.69 Å². The first-order valence-corrected chi connectivity index (χ1v) is 6.31. The van der Waals surface area contributed by atoms with Crippen molar-refractivity contribution in [2.24, 2.45) is 0 Å². The molecule has 0 radical (unpaired) electrons. The van der Waals surface area contributed by atoms with Gasteiger partial charge in [0, 0.05) is 5.69 Å². The smallest absolute Gasteiger partial charge is 0.234 e. The summed E-state index contributed by atoms with van der Waals surface area (Å²) in [7, 11) is 0. The second-order valence-electron chi connectivity index (χ2n) is 3.28. The zero-order chi connectivity index (χ0) is 12.1. The van der Waals surface area contributed by atoms with Crippen molar-refractivity contribution in [3.63, 3.8) is 0 Å². The van der Waals surface area contributed by atoms with Crippen molar-refractivity contribution in [1.29, 1.82) is 0 Å². The average molecular weight is 249 g/mol. The van der Waals surface area contributed by atoms with E-state index in [0.29, 0.717) is 5.75 Å². The number of rotatable bonds is 4. The van der Waals surface area contributed by atoms with Gasteiger partial charge in [-0.05, 0) is 40.9 Å². The van der Waals surface area contributed by atoms with Gasteiger partial charge in [-0.2, -0.15) is 11.8 Å². The number of carbonyl (C=O) groups is 1. The van der Waals surface area contributed by atoms with E-state index in [1.165, 1.54) is 18.1 Å². The number of benzene rings is 1. The molecule has 1 N–H and O–H groups in total. The fourth-order valence-electron chi connectivity index (χ4n) is 1.31. The highest BCUT2D eigenvalue weighted by Crippen LogP contribution is 2.12. The summed E-state index contributed by atoms with van der Waals surface area (Å²) in [4.78, 5) is 11.4. The highest BCUT2D eigenvalue weighted by Gasteiger charge is 2.02. The molecule has 17 heavy (non-hydrogen) atoms. The zero-order valence-corrected chi connectivity index (χ0v) is 10.0. The summed E-state index contributed by atoms with van der Waals surface area (Å²) < 4.78 is 1.55. The minimum absolute atomic E-state index is 0.00678. The molecule has 0 aliphatic carbocycles.